The zero-order chi connectivity index (χ0) is 12.5. The van der Waals surface area contributed by atoms with E-state index in [1.807, 2.05) is 6.26 Å². The quantitative estimate of drug-likeness (QED) is 0.208. The van der Waals surface area contributed by atoms with Crippen molar-refractivity contribution in [1.82, 2.24) is 5.48 Å². The molecule has 0 amide bonds. The van der Waals surface area contributed by atoms with E-state index in [1.54, 1.807) is 17.2 Å². The van der Waals surface area contributed by atoms with E-state index in [9.17, 15) is 4.79 Å². The Labute approximate surface area is 169 Å². The minimum absolute atomic E-state index is 0. The van der Waals surface area contributed by atoms with E-state index >= 15 is 0 Å². The van der Waals surface area contributed by atoms with E-state index in [0.717, 1.165) is 5.75 Å². The van der Waals surface area contributed by atoms with Gasteiger partial charge in [-0.1, -0.05) is 0 Å². The van der Waals surface area contributed by atoms with Crippen LogP contribution in [0.15, 0.2) is 0 Å². The molecule has 12 heteroatoms. The van der Waals surface area contributed by atoms with Crippen LogP contribution in [0.1, 0.15) is 12.1 Å². The van der Waals surface area contributed by atoms with Gasteiger partial charge in [0.2, 0.25) is 0 Å². The summed E-state index contributed by atoms with van der Waals surface area (Å²) in [6, 6.07) is -0.826. The van der Waals surface area contributed by atoms with Crippen molar-refractivity contribution in [3.05, 3.63) is 0 Å². The smallest absolute Gasteiger partial charge is 1.00 e. The molecule has 0 saturated carbocycles. The van der Waals surface area contributed by atoms with Crippen molar-refractivity contribution in [3.8, 4) is 0 Å². The van der Waals surface area contributed by atoms with Gasteiger partial charge in [0.1, 0.15) is 6.04 Å². The summed E-state index contributed by atoms with van der Waals surface area (Å²) in [7, 11) is -4.64. The third-order valence-electron chi connectivity index (χ3n) is 1.06. The van der Waals surface area contributed by atoms with Crippen LogP contribution in [-0.2, 0) is 9.36 Å². The number of carbonyl (C=O) groups is 1. The molecule has 0 heterocycles. The predicted octanol–water partition coefficient (Wildman–Crippen LogP) is -1.07. The van der Waals surface area contributed by atoms with Gasteiger partial charge in [-0.05, 0) is 18.4 Å². The Bertz CT molecular complexity index is 235. The standard InChI is InChI=1S/C5H11NO3S.2Ca.H3O4P.4H/c1-10-3-2-4(6-9)5(7)8;;;1-5(2,3)4;;;;/h4,6,9H,2-3H2,1H3,(H,7,8);;;(H3,1,2,3,4);;;;/q;2*+2;;4*-1. The third kappa shape index (κ3) is 32.2. The zero-order valence-corrected chi connectivity index (χ0v) is 15.4. The summed E-state index contributed by atoms with van der Waals surface area (Å²) in [6.07, 6.45) is 2.32. The molecule has 0 aliphatic carbocycles. The number of thioether (sulfide) groups is 1. The Morgan fingerprint density at radius 1 is 1.41 bits per heavy atom. The summed E-state index contributed by atoms with van der Waals surface area (Å²) in [6.45, 7) is 0. The zero-order valence-electron chi connectivity index (χ0n) is 13.3. The van der Waals surface area contributed by atoms with Crippen LogP contribution in [-0.4, -0.2) is 124 Å². The molecule has 100 valence electrons. The van der Waals surface area contributed by atoms with Crippen LogP contribution in [0, 0.1) is 0 Å². The van der Waals surface area contributed by atoms with Gasteiger partial charge in [-0.3, -0.25) is 4.79 Å². The number of phosphoric acid groups is 1. The van der Waals surface area contributed by atoms with Gasteiger partial charge < -0.3 is 30.7 Å². The number of rotatable bonds is 5. The number of carboxylic acid groups (broad SMARTS) is 1. The van der Waals surface area contributed by atoms with Crippen LogP contribution >= 0.6 is 19.6 Å². The molecule has 1 atom stereocenters. The molecule has 0 aromatic rings. The maximum atomic E-state index is 10.2. The van der Waals surface area contributed by atoms with Crippen LogP contribution in [0.4, 0.5) is 0 Å². The van der Waals surface area contributed by atoms with Gasteiger partial charge in [0, 0.05) is 0 Å². The SMILES string of the molecule is CSCCC(NO)C(=O)O.O=P(O)(O)O.[Ca+2].[Ca+2].[H-].[H-].[H-].[H-]. The van der Waals surface area contributed by atoms with Crippen LogP contribution in [0.2, 0.25) is 0 Å². The molecule has 0 aliphatic rings. The molecule has 0 fully saturated rings. The van der Waals surface area contributed by atoms with Crippen LogP contribution in [0.5, 0.6) is 0 Å². The van der Waals surface area contributed by atoms with Crippen molar-refractivity contribution in [2.75, 3.05) is 12.0 Å². The fourth-order valence-corrected chi connectivity index (χ4v) is 0.950. The van der Waals surface area contributed by atoms with Crippen molar-refractivity contribution in [1.29, 1.82) is 0 Å². The van der Waals surface area contributed by atoms with Crippen molar-refractivity contribution >= 4 is 101 Å². The first-order chi connectivity index (χ1) is 6.72. The maximum absolute atomic E-state index is 10.2. The van der Waals surface area contributed by atoms with E-state index in [4.69, 9.17) is 29.6 Å². The van der Waals surface area contributed by atoms with E-state index in [-0.39, 0.29) is 81.2 Å². The van der Waals surface area contributed by atoms with Crippen LogP contribution in [0.25, 0.3) is 0 Å². The van der Waals surface area contributed by atoms with Gasteiger partial charge in [-0.15, -0.1) is 0 Å². The molecule has 17 heavy (non-hydrogen) atoms. The van der Waals surface area contributed by atoms with Gasteiger partial charge in [-0.25, -0.2) is 4.57 Å². The van der Waals surface area contributed by atoms with Gasteiger partial charge in [0.15, 0.2) is 0 Å². The molecule has 0 aliphatic heterocycles. The van der Waals surface area contributed by atoms with E-state index < -0.39 is 19.8 Å². The second-order valence-corrected chi connectivity index (χ2v) is 4.33. The van der Waals surface area contributed by atoms with Crippen molar-refractivity contribution in [2.24, 2.45) is 0 Å². The summed E-state index contributed by atoms with van der Waals surface area (Å²) in [4.78, 5) is 31.8. The second kappa shape index (κ2) is 16.4. The minimum Gasteiger partial charge on any atom is -1.00 e. The normalized spacial score (nSPS) is 11.1. The first kappa shape index (κ1) is 27.7. The molecule has 0 saturated heterocycles. The van der Waals surface area contributed by atoms with E-state index in [1.165, 1.54) is 0 Å². The molecule has 6 N–H and O–H groups in total. The molecular weight excluding hydrogens is 329 g/mol. The topological polar surface area (TPSA) is 147 Å². The summed E-state index contributed by atoms with van der Waals surface area (Å²) in [5.41, 5.74) is 1.72. The molecular formula is C5H18Ca2NO7PS. The Balaban J connectivity index is -0.0000000231. The summed E-state index contributed by atoms with van der Waals surface area (Å²) >= 11 is 1.55. The molecule has 0 rings (SSSR count). The van der Waals surface area contributed by atoms with Crippen molar-refractivity contribution in [3.63, 3.8) is 0 Å². The van der Waals surface area contributed by atoms with Crippen molar-refractivity contribution in [2.45, 2.75) is 12.5 Å². The van der Waals surface area contributed by atoms with Gasteiger partial charge in [0.05, 0.1) is 0 Å². The molecule has 0 aromatic heterocycles. The average Bonchev–Trinajstić information content (AvgIpc) is 2.02. The van der Waals surface area contributed by atoms with Crippen LogP contribution < -0.4 is 5.48 Å². The molecule has 0 bridgehead atoms. The number of hydrogen-bond acceptors (Lipinski definition) is 5. The maximum Gasteiger partial charge on any atom is 2.00 e. The summed E-state index contributed by atoms with van der Waals surface area (Å²) in [5.74, 6) is -0.290. The first-order valence-corrected chi connectivity index (χ1v) is 6.58. The summed E-state index contributed by atoms with van der Waals surface area (Å²) < 4.78 is 8.88. The van der Waals surface area contributed by atoms with Gasteiger partial charge in [0.25, 0.3) is 0 Å². The molecule has 0 aromatic carbocycles. The van der Waals surface area contributed by atoms with E-state index in [2.05, 4.69) is 0 Å². The number of hydroxylamine groups is 1. The first-order valence-electron chi connectivity index (χ1n) is 3.62. The number of hydrogen-bond donors (Lipinski definition) is 6. The predicted molar refractivity (Wildman–Crippen MR) is 69.6 cm³/mol. The summed E-state index contributed by atoms with van der Waals surface area (Å²) in [5, 5.41) is 16.7. The van der Waals surface area contributed by atoms with Crippen LogP contribution in [0.3, 0.4) is 0 Å². The number of nitrogens with one attached hydrogen (secondary N) is 1. The largest absolute Gasteiger partial charge is 2.00 e. The third-order valence-corrected chi connectivity index (χ3v) is 1.71. The Morgan fingerprint density at radius 2 is 1.76 bits per heavy atom. The number of carboxylic acids is 1. The molecule has 1 unspecified atom stereocenters. The Hall–Kier alpha value is 2.37. The molecule has 0 spiro atoms. The second-order valence-electron chi connectivity index (χ2n) is 2.31. The fraction of sp³-hybridized carbons (Fsp3) is 0.800. The minimum atomic E-state index is -4.64. The fourth-order valence-electron chi connectivity index (χ4n) is 0.479. The van der Waals surface area contributed by atoms with Crippen molar-refractivity contribution < 1.29 is 40.1 Å². The van der Waals surface area contributed by atoms with Gasteiger partial charge in [-0.2, -0.15) is 17.2 Å². The molecule has 8 nitrogen and oxygen atoms in total. The van der Waals surface area contributed by atoms with Gasteiger partial charge >= 0.3 is 89.3 Å². The monoisotopic (exact) mass is 347 g/mol. The van der Waals surface area contributed by atoms with E-state index in [0.29, 0.717) is 6.42 Å². The average molecular weight is 347 g/mol. The Morgan fingerprint density at radius 3 is 1.94 bits per heavy atom. The Kier molecular flexibility index (Phi) is 26.7. The number of aliphatic carboxylic acids is 1. The molecule has 0 radical (unpaired) electrons.